The van der Waals surface area contributed by atoms with E-state index >= 15 is 0 Å². The standard InChI is InChI=1S/C8H14N4O2/c1-8(2,3)6-11-5(12-14-6)4-10-7(9)13/h4H2,1-3H3,(H3,9,10,13). The van der Waals surface area contributed by atoms with E-state index < -0.39 is 6.03 Å². The van der Waals surface area contributed by atoms with E-state index in [0.717, 1.165) is 0 Å². The van der Waals surface area contributed by atoms with Crippen molar-refractivity contribution in [2.75, 3.05) is 0 Å². The lowest BCUT2D eigenvalue weighted by Crippen LogP contribution is -2.29. The van der Waals surface area contributed by atoms with E-state index in [1.54, 1.807) is 0 Å². The molecule has 14 heavy (non-hydrogen) atoms. The van der Waals surface area contributed by atoms with E-state index in [4.69, 9.17) is 10.3 Å². The van der Waals surface area contributed by atoms with Gasteiger partial charge < -0.3 is 15.6 Å². The van der Waals surface area contributed by atoms with Crippen molar-refractivity contribution in [2.24, 2.45) is 5.73 Å². The molecule has 1 aromatic heterocycles. The molecular weight excluding hydrogens is 184 g/mol. The van der Waals surface area contributed by atoms with Gasteiger partial charge in [-0.1, -0.05) is 25.9 Å². The van der Waals surface area contributed by atoms with Gasteiger partial charge in [0.15, 0.2) is 5.82 Å². The van der Waals surface area contributed by atoms with E-state index in [9.17, 15) is 4.79 Å². The molecule has 6 heteroatoms. The van der Waals surface area contributed by atoms with Gasteiger partial charge in [0.2, 0.25) is 5.89 Å². The lowest BCUT2D eigenvalue weighted by Gasteiger charge is -2.10. The van der Waals surface area contributed by atoms with Gasteiger partial charge in [-0.15, -0.1) is 0 Å². The predicted molar refractivity (Wildman–Crippen MR) is 49.4 cm³/mol. The van der Waals surface area contributed by atoms with Gasteiger partial charge in [0, 0.05) is 5.41 Å². The Balaban J connectivity index is 2.64. The highest BCUT2D eigenvalue weighted by molar-refractivity contribution is 5.71. The number of carbonyl (C=O) groups is 1. The smallest absolute Gasteiger partial charge is 0.312 e. The van der Waals surface area contributed by atoms with Crippen LogP contribution in [0.3, 0.4) is 0 Å². The van der Waals surface area contributed by atoms with Gasteiger partial charge in [-0.3, -0.25) is 0 Å². The van der Waals surface area contributed by atoms with Crippen molar-refractivity contribution in [3.63, 3.8) is 0 Å². The van der Waals surface area contributed by atoms with Crippen molar-refractivity contribution >= 4 is 6.03 Å². The molecule has 0 aromatic carbocycles. The summed E-state index contributed by atoms with van der Waals surface area (Å²) in [5.41, 5.74) is 4.71. The van der Waals surface area contributed by atoms with Crippen molar-refractivity contribution in [2.45, 2.75) is 32.7 Å². The Hall–Kier alpha value is -1.59. The minimum atomic E-state index is -0.605. The van der Waals surface area contributed by atoms with Gasteiger partial charge in [0.05, 0.1) is 6.54 Å². The molecule has 2 amide bonds. The SMILES string of the molecule is CC(C)(C)c1nc(CNC(N)=O)no1. The number of nitrogens with two attached hydrogens (primary N) is 1. The summed E-state index contributed by atoms with van der Waals surface area (Å²) in [5.74, 6) is 0.965. The summed E-state index contributed by atoms with van der Waals surface area (Å²) >= 11 is 0. The molecule has 0 aliphatic heterocycles. The number of hydrogen-bond donors (Lipinski definition) is 2. The Kier molecular flexibility index (Phi) is 2.73. The number of nitrogens with zero attached hydrogens (tertiary/aromatic N) is 2. The van der Waals surface area contributed by atoms with Crippen molar-refractivity contribution in [1.29, 1.82) is 0 Å². The largest absolute Gasteiger partial charge is 0.352 e. The van der Waals surface area contributed by atoms with Crippen LogP contribution < -0.4 is 11.1 Å². The molecule has 0 radical (unpaired) electrons. The van der Waals surface area contributed by atoms with Crippen molar-refractivity contribution in [3.8, 4) is 0 Å². The second-order valence-corrected chi connectivity index (χ2v) is 3.98. The summed E-state index contributed by atoms with van der Waals surface area (Å²) in [6.07, 6.45) is 0. The molecule has 1 heterocycles. The van der Waals surface area contributed by atoms with Crippen LogP contribution in [-0.2, 0) is 12.0 Å². The van der Waals surface area contributed by atoms with E-state index in [0.29, 0.717) is 11.7 Å². The second kappa shape index (κ2) is 3.65. The fraction of sp³-hybridized carbons (Fsp3) is 0.625. The van der Waals surface area contributed by atoms with Gasteiger partial charge in [-0.05, 0) is 0 Å². The number of primary amides is 1. The van der Waals surface area contributed by atoms with Crippen molar-refractivity contribution < 1.29 is 9.32 Å². The van der Waals surface area contributed by atoms with Gasteiger partial charge in [0.1, 0.15) is 0 Å². The first kappa shape index (κ1) is 10.5. The third kappa shape index (κ3) is 2.72. The molecule has 0 aliphatic rings. The maximum atomic E-state index is 10.4. The average Bonchev–Trinajstić information content (AvgIpc) is 2.47. The van der Waals surface area contributed by atoms with Crippen LogP contribution in [0.2, 0.25) is 0 Å². The molecule has 78 valence electrons. The number of aromatic nitrogens is 2. The molecule has 0 spiro atoms. The van der Waals surface area contributed by atoms with E-state index in [1.165, 1.54) is 0 Å². The molecule has 1 aromatic rings. The molecule has 0 fully saturated rings. The van der Waals surface area contributed by atoms with Gasteiger partial charge >= 0.3 is 6.03 Å². The van der Waals surface area contributed by atoms with Crippen LogP contribution >= 0.6 is 0 Å². The molecule has 0 saturated heterocycles. The highest BCUT2D eigenvalue weighted by atomic mass is 16.5. The summed E-state index contributed by atoms with van der Waals surface area (Å²) in [6, 6.07) is -0.605. The first-order chi connectivity index (χ1) is 6.39. The number of carbonyl (C=O) groups excluding carboxylic acids is 1. The number of hydrogen-bond acceptors (Lipinski definition) is 4. The Bertz CT molecular complexity index is 326. The lowest BCUT2D eigenvalue weighted by atomic mass is 9.97. The average molecular weight is 198 g/mol. The molecule has 0 saturated carbocycles. The van der Waals surface area contributed by atoms with Crippen LogP contribution in [-0.4, -0.2) is 16.2 Å². The van der Waals surface area contributed by atoms with Crippen LogP contribution in [0.1, 0.15) is 32.5 Å². The normalized spacial score (nSPS) is 11.4. The van der Waals surface area contributed by atoms with Crippen LogP contribution in [0.5, 0.6) is 0 Å². The Morgan fingerprint density at radius 3 is 2.64 bits per heavy atom. The van der Waals surface area contributed by atoms with Crippen LogP contribution in [0.25, 0.3) is 0 Å². The minimum Gasteiger partial charge on any atom is -0.352 e. The minimum absolute atomic E-state index is 0.183. The van der Waals surface area contributed by atoms with Crippen molar-refractivity contribution in [1.82, 2.24) is 15.5 Å². The summed E-state index contributed by atoms with van der Waals surface area (Å²) < 4.78 is 5.01. The molecule has 0 unspecified atom stereocenters. The Morgan fingerprint density at radius 1 is 1.57 bits per heavy atom. The number of rotatable bonds is 2. The molecular formula is C8H14N4O2. The zero-order valence-corrected chi connectivity index (χ0v) is 8.50. The summed E-state index contributed by atoms with van der Waals surface area (Å²) in [7, 11) is 0. The van der Waals surface area contributed by atoms with E-state index in [2.05, 4.69) is 15.5 Å². The molecule has 6 nitrogen and oxygen atoms in total. The van der Waals surface area contributed by atoms with E-state index in [1.807, 2.05) is 20.8 Å². The van der Waals surface area contributed by atoms with Crippen LogP contribution in [0.4, 0.5) is 4.79 Å². The second-order valence-electron chi connectivity index (χ2n) is 3.98. The first-order valence-electron chi connectivity index (χ1n) is 4.26. The number of urea groups is 1. The van der Waals surface area contributed by atoms with Gasteiger partial charge in [0.25, 0.3) is 0 Å². The van der Waals surface area contributed by atoms with Crippen LogP contribution in [0, 0.1) is 0 Å². The quantitative estimate of drug-likeness (QED) is 0.724. The molecule has 0 atom stereocenters. The maximum Gasteiger partial charge on any atom is 0.312 e. The summed E-state index contributed by atoms with van der Waals surface area (Å²) in [6.45, 7) is 6.08. The fourth-order valence-corrected chi connectivity index (χ4v) is 0.797. The van der Waals surface area contributed by atoms with Gasteiger partial charge in [-0.2, -0.15) is 4.98 Å². The highest BCUT2D eigenvalue weighted by Gasteiger charge is 2.21. The fourth-order valence-electron chi connectivity index (χ4n) is 0.797. The number of amides is 2. The molecule has 3 N–H and O–H groups in total. The monoisotopic (exact) mass is 198 g/mol. The van der Waals surface area contributed by atoms with Crippen LogP contribution in [0.15, 0.2) is 4.52 Å². The third-order valence-corrected chi connectivity index (χ3v) is 1.53. The van der Waals surface area contributed by atoms with E-state index in [-0.39, 0.29) is 12.0 Å². The molecule has 1 rings (SSSR count). The summed E-state index contributed by atoms with van der Waals surface area (Å²) in [5, 5.41) is 6.08. The molecule has 0 aliphatic carbocycles. The van der Waals surface area contributed by atoms with Gasteiger partial charge in [-0.25, -0.2) is 4.79 Å². The lowest BCUT2D eigenvalue weighted by molar-refractivity contribution is 0.248. The Morgan fingerprint density at radius 2 is 2.21 bits per heavy atom. The molecule has 0 bridgehead atoms. The summed E-state index contributed by atoms with van der Waals surface area (Å²) in [4.78, 5) is 14.5. The zero-order chi connectivity index (χ0) is 10.8. The third-order valence-electron chi connectivity index (χ3n) is 1.53. The predicted octanol–water partition coefficient (Wildman–Crippen LogP) is 0.535. The zero-order valence-electron chi connectivity index (χ0n) is 8.50. The van der Waals surface area contributed by atoms with Crippen molar-refractivity contribution in [3.05, 3.63) is 11.7 Å². The maximum absolute atomic E-state index is 10.4. The first-order valence-corrected chi connectivity index (χ1v) is 4.26. The Labute approximate surface area is 81.9 Å². The topological polar surface area (TPSA) is 94.0 Å². The number of nitrogens with one attached hydrogen (secondary N) is 1. The highest BCUT2D eigenvalue weighted by Crippen LogP contribution is 2.19.